The van der Waals surface area contributed by atoms with Crippen LogP contribution in [0.3, 0.4) is 0 Å². The van der Waals surface area contributed by atoms with E-state index in [9.17, 15) is 0 Å². The van der Waals surface area contributed by atoms with E-state index in [4.69, 9.17) is 9.84 Å². The molecule has 1 aliphatic heterocycles. The molecule has 0 radical (unpaired) electrons. The van der Waals surface area contributed by atoms with Crippen molar-refractivity contribution in [2.75, 3.05) is 32.8 Å². The van der Waals surface area contributed by atoms with Gasteiger partial charge in [0, 0.05) is 19.7 Å². The number of morpholine rings is 1. The summed E-state index contributed by atoms with van der Waals surface area (Å²) in [6.07, 6.45) is 13.2. The van der Waals surface area contributed by atoms with Crippen LogP contribution in [0, 0.1) is 0 Å². The third kappa shape index (κ3) is 8.93. The Kier molecular flexibility index (Phi) is 11.3. The monoisotopic (exact) mass is 285 g/mol. The van der Waals surface area contributed by atoms with E-state index in [1.54, 1.807) is 0 Å². The van der Waals surface area contributed by atoms with Crippen molar-refractivity contribution in [1.82, 2.24) is 4.90 Å². The third-order valence-corrected chi connectivity index (χ3v) is 4.24. The van der Waals surface area contributed by atoms with Crippen LogP contribution in [-0.4, -0.2) is 49.0 Å². The van der Waals surface area contributed by atoms with E-state index in [0.29, 0.717) is 12.7 Å². The van der Waals surface area contributed by atoms with Crippen molar-refractivity contribution in [3.63, 3.8) is 0 Å². The maximum Gasteiger partial charge on any atom is 0.0702 e. The minimum Gasteiger partial charge on any atom is -0.396 e. The molecule has 0 amide bonds. The van der Waals surface area contributed by atoms with Crippen molar-refractivity contribution >= 4 is 0 Å². The molecule has 0 aromatic carbocycles. The Bertz CT molecular complexity index is 211. The lowest BCUT2D eigenvalue weighted by molar-refractivity contribution is -0.0334. The zero-order valence-electron chi connectivity index (χ0n) is 13.5. The van der Waals surface area contributed by atoms with Crippen LogP contribution in [0.25, 0.3) is 0 Å². The Morgan fingerprint density at radius 1 is 1.00 bits per heavy atom. The summed E-state index contributed by atoms with van der Waals surface area (Å²) in [7, 11) is 0. The van der Waals surface area contributed by atoms with Crippen LogP contribution < -0.4 is 0 Å². The van der Waals surface area contributed by atoms with Crippen molar-refractivity contribution < 1.29 is 9.84 Å². The van der Waals surface area contributed by atoms with Gasteiger partial charge in [0.05, 0.1) is 12.7 Å². The number of hydrogen-bond acceptors (Lipinski definition) is 3. The molecule has 1 atom stereocenters. The number of ether oxygens (including phenoxy) is 1. The first-order valence-corrected chi connectivity index (χ1v) is 8.81. The molecule has 3 heteroatoms. The molecule has 1 rings (SSSR count). The quantitative estimate of drug-likeness (QED) is 0.556. The lowest BCUT2D eigenvalue weighted by Gasteiger charge is -2.33. The zero-order chi connectivity index (χ0) is 14.5. The van der Waals surface area contributed by atoms with Gasteiger partial charge in [0.25, 0.3) is 0 Å². The summed E-state index contributed by atoms with van der Waals surface area (Å²) in [6.45, 7) is 6.89. The fourth-order valence-electron chi connectivity index (χ4n) is 2.93. The Morgan fingerprint density at radius 3 is 2.55 bits per heavy atom. The number of unbranched alkanes of at least 4 members (excludes halogenated alkanes) is 7. The minimum atomic E-state index is 0.337. The SMILES string of the molecule is CCCCCCCCC1CN(CCCCCO)CCO1. The average Bonchev–Trinajstić information content (AvgIpc) is 2.48. The van der Waals surface area contributed by atoms with Crippen LogP contribution >= 0.6 is 0 Å². The summed E-state index contributed by atoms with van der Waals surface area (Å²) in [4.78, 5) is 2.54. The lowest BCUT2D eigenvalue weighted by Crippen LogP contribution is -2.42. The fourth-order valence-corrected chi connectivity index (χ4v) is 2.93. The summed E-state index contributed by atoms with van der Waals surface area (Å²) in [5.41, 5.74) is 0. The van der Waals surface area contributed by atoms with Gasteiger partial charge in [-0.1, -0.05) is 45.4 Å². The Morgan fingerprint density at radius 2 is 1.75 bits per heavy atom. The second-order valence-electron chi connectivity index (χ2n) is 6.13. The number of hydrogen-bond donors (Lipinski definition) is 1. The molecular weight excluding hydrogens is 250 g/mol. The number of rotatable bonds is 12. The second-order valence-corrected chi connectivity index (χ2v) is 6.13. The maximum absolute atomic E-state index is 8.79. The van der Waals surface area contributed by atoms with Gasteiger partial charge >= 0.3 is 0 Å². The largest absolute Gasteiger partial charge is 0.396 e. The van der Waals surface area contributed by atoms with Crippen molar-refractivity contribution in [1.29, 1.82) is 0 Å². The summed E-state index contributed by atoms with van der Waals surface area (Å²) < 4.78 is 5.88. The molecule has 1 N–H and O–H groups in total. The first-order chi connectivity index (χ1) is 9.86. The Labute approximate surface area is 125 Å². The molecule has 1 aliphatic rings. The molecule has 1 saturated heterocycles. The average molecular weight is 285 g/mol. The molecule has 1 unspecified atom stereocenters. The number of aliphatic hydroxyl groups is 1. The van der Waals surface area contributed by atoms with Crippen molar-refractivity contribution in [3.05, 3.63) is 0 Å². The highest BCUT2D eigenvalue weighted by Gasteiger charge is 2.19. The van der Waals surface area contributed by atoms with Gasteiger partial charge in [-0.25, -0.2) is 0 Å². The van der Waals surface area contributed by atoms with Gasteiger partial charge in [-0.15, -0.1) is 0 Å². The van der Waals surface area contributed by atoms with Gasteiger partial charge in [0.1, 0.15) is 0 Å². The van der Waals surface area contributed by atoms with E-state index >= 15 is 0 Å². The van der Waals surface area contributed by atoms with E-state index < -0.39 is 0 Å². The molecule has 0 aliphatic carbocycles. The molecular formula is C17H35NO2. The second kappa shape index (κ2) is 12.6. The first-order valence-electron chi connectivity index (χ1n) is 8.81. The summed E-state index contributed by atoms with van der Waals surface area (Å²) in [5.74, 6) is 0. The summed E-state index contributed by atoms with van der Waals surface area (Å²) in [5, 5.41) is 8.79. The molecule has 3 nitrogen and oxygen atoms in total. The predicted molar refractivity (Wildman–Crippen MR) is 85.1 cm³/mol. The molecule has 20 heavy (non-hydrogen) atoms. The van der Waals surface area contributed by atoms with Crippen molar-refractivity contribution in [3.8, 4) is 0 Å². The van der Waals surface area contributed by atoms with Crippen LogP contribution in [0.2, 0.25) is 0 Å². The van der Waals surface area contributed by atoms with E-state index in [-0.39, 0.29) is 0 Å². The van der Waals surface area contributed by atoms with Gasteiger partial charge < -0.3 is 9.84 Å². The molecule has 0 spiro atoms. The van der Waals surface area contributed by atoms with Crippen LogP contribution in [0.1, 0.15) is 71.1 Å². The topological polar surface area (TPSA) is 32.7 Å². The fraction of sp³-hybridized carbons (Fsp3) is 1.00. The van der Waals surface area contributed by atoms with Gasteiger partial charge in [0.2, 0.25) is 0 Å². The van der Waals surface area contributed by atoms with Crippen molar-refractivity contribution in [2.45, 2.75) is 77.2 Å². The molecule has 120 valence electrons. The van der Waals surface area contributed by atoms with Crippen LogP contribution in [0.15, 0.2) is 0 Å². The van der Waals surface area contributed by atoms with Gasteiger partial charge in [-0.3, -0.25) is 4.90 Å². The third-order valence-electron chi connectivity index (χ3n) is 4.24. The molecule has 0 aromatic heterocycles. The van der Waals surface area contributed by atoms with E-state index in [0.717, 1.165) is 32.5 Å². The standard InChI is InChI=1S/C17H35NO2/c1-2-3-4-5-6-8-11-17-16-18(13-15-20-17)12-9-7-10-14-19/h17,19H,2-16H2,1H3. The van der Waals surface area contributed by atoms with Gasteiger partial charge in [-0.2, -0.15) is 0 Å². The Hall–Kier alpha value is -0.120. The molecule has 0 bridgehead atoms. The summed E-state index contributed by atoms with van der Waals surface area (Å²) >= 11 is 0. The highest BCUT2D eigenvalue weighted by molar-refractivity contribution is 4.71. The maximum atomic E-state index is 8.79. The minimum absolute atomic E-state index is 0.337. The zero-order valence-corrected chi connectivity index (χ0v) is 13.5. The lowest BCUT2D eigenvalue weighted by atomic mass is 10.1. The normalized spacial score (nSPS) is 20.4. The number of aliphatic hydroxyl groups excluding tert-OH is 1. The highest BCUT2D eigenvalue weighted by Crippen LogP contribution is 2.14. The first kappa shape index (κ1) is 17.9. The van der Waals surface area contributed by atoms with Gasteiger partial charge in [-0.05, 0) is 32.2 Å². The number of nitrogens with zero attached hydrogens (tertiary/aromatic N) is 1. The smallest absolute Gasteiger partial charge is 0.0702 e. The van der Waals surface area contributed by atoms with E-state index in [1.807, 2.05) is 0 Å². The van der Waals surface area contributed by atoms with Gasteiger partial charge in [0.15, 0.2) is 0 Å². The van der Waals surface area contributed by atoms with Crippen molar-refractivity contribution in [2.24, 2.45) is 0 Å². The molecule has 0 aromatic rings. The van der Waals surface area contributed by atoms with Crippen LogP contribution in [0.4, 0.5) is 0 Å². The van der Waals surface area contributed by atoms with E-state index in [1.165, 1.54) is 57.9 Å². The Balaban J connectivity index is 1.99. The highest BCUT2D eigenvalue weighted by atomic mass is 16.5. The predicted octanol–water partition coefficient (Wildman–Crippen LogP) is 3.60. The van der Waals surface area contributed by atoms with Crippen LogP contribution in [-0.2, 0) is 4.74 Å². The summed E-state index contributed by atoms with van der Waals surface area (Å²) in [6, 6.07) is 0. The van der Waals surface area contributed by atoms with E-state index in [2.05, 4.69) is 11.8 Å². The molecule has 1 fully saturated rings. The van der Waals surface area contributed by atoms with Crippen LogP contribution in [0.5, 0.6) is 0 Å². The molecule has 0 saturated carbocycles. The molecule has 1 heterocycles.